The second kappa shape index (κ2) is 5.26. The molecule has 1 aromatic heterocycles. The highest BCUT2D eigenvalue weighted by atomic mass is 79.9. The maximum Gasteiger partial charge on any atom is 0.243 e. The third-order valence-electron chi connectivity index (χ3n) is 2.46. The average molecular weight is 330 g/mol. The van der Waals surface area contributed by atoms with Crippen molar-refractivity contribution in [2.24, 2.45) is 0 Å². The molecular formula is C12H12BrNO3S. The summed E-state index contributed by atoms with van der Waals surface area (Å²) in [4.78, 5) is 0.255. The first-order chi connectivity index (χ1) is 8.50. The molecule has 0 bridgehead atoms. The van der Waals surface area contributed by atoms with Crippen molar-refractivity contribution in [2.45, 2.75) is 11.4 Å². The first kappa shape index (κ1) is 13.3. The molecule has 1 aromatic carbocycles. The van der Waals surface area contributed by atoms with Gasteiger partial charge in [-0.1, -0.05) is 22.0 Å². The van der Waals surface area contributed by atoms with Gasteiger partial charge in [0.25, 0.3) is 0 Å². The molecule has 0 aliphatic rings. The fraction of sp³-hybridized carbons (Fsp3) is 0.167. The molecule has 18 heavy (non-hydrogen) atoms. The summed E-state index contributed by atoms with van der Waals surface area (Å²) < 4.78 is 31.7. The molecule has 0 spiro atoms. The van der Waals surface area contributed by atoms with E-state index in [1.165, 1.54) is 17.6 Å². The van der Waals surface area contributed by atoms with E-state index in [2.05, 4.69) is 15.9 Å². The molecule has 0 amide bonds. The van der Waals surface area contributed by atoms with E-state index < -0.39 is 10.0 Å². The molecule has 4 nitrogen and oxygen atoms in total. The Balaban J connectivity index is 2.25. The van der Waals surface area contributed by atoms with Gasteiger partial charge in [-0.2, -0.15) is 4.31 Å². The van der Waals surface area contributed by atoms with Crippen LogP contribution >= 0.6 is 15.9 Å². The van der Waals surface area contributed by atoms with E-state index in [1.807, 2.05) is 0 Å². The molecule has 2 rings (SSSR count). The quantitative estimate of drug-likeness (QED) is 0.866. The molecule has 0 aliphatic carbocycles. The van der Waals surface area contributed by atoms with E-state index >= 15 is 0 Å². The highest BCUT2D eigenvalue weighted by Crippen LogP contribution is 2.20. The highest BCUT2D eigenvalue weighted by Gasteiger charge is 2.21. The van der Waals surface area contributed by atoms with Crippen LogP contribution in [0, 0.1) is 0 Å². The maximum absolute atomic E-state index is 12.3. The van der Waals surface area contributed by atoms with Crippen LogP contribution in [-0.4, -0.2) is 19.8 Å². The van der Waals surface area contributed by atoms with E-state index in [4.69, 9.17) is 4.42 Å². The molecule has 6 heteroatoms. The van der Waals surface area contributed by atoms with E-state index in [1.54, 1.807) is 36.4 Å². The Kier molecular flexibility index (Phi) is 3.89. The predicted octanol–water partition coefficient (Wildman–Crippen LogP) is 2.86. The van der Waals surface area contributed by atoms with Gasteiger partial charge in [0.05, 0.1) is 17.7 Å². The Bertz CT molecular complexity index is 623. The third kappa shape index (κ3) is 2.82. The summed E-state index contributed by atoms with van der Waals surface area (Å²) in [6.45, 7) is 0.210. The summed E-state index contributed by atoms with van der Waals surface area (Å²) in [7, 11) is -1.97. The van der Waals surface area contributed by atoms with Crippen molar-refractivity contribution in [1.29, 1.82) is 0 Å². The monoisotopic (exact) mass is 329 g/mol. The summed E-state index contributed by atoms with van der Waals surface area (Å²) in [5.74, 6) is 0.607. The second-order valence-corrected chi connectivity index (χ2v) is 6.76. The van der Waals surface area contributed by atoms with Gasteiger partial charge in [-0.15, -0.1) is 0 Å². The molecule has 96 valence electrons. The van der Waals surface area contributed by atoms with Crippen molar-refractivity contribution in [1.82, 2.24) is 4.31 Å². The van der Waals surface area contributed by atoms with Crippen molar-refractivity contribution in [3.8, 4) is 0 Å². The summed E-state index contributed by atoms with van der Waals surface area (Å²) in [6.07, 6.45) is 1.52. The second-order valence-electron chi connectivity index (χ2n) is 3.80. The minimum absolute atomic E-state index is 0.210. The SMILES string of the molecule is CN(Cc1ccco1)S(=O)(=O)c1cccc(Br)c1. The Morgan fingerprint density at radius 3 is 2.67 bits per heavy atom. The van der Waals surface area contributed by atoms with E-state index in [9.17, 15) is 8.42 Å². The molecule has 0 N–H and O–H groups in total. The summed E-state index contributed by atoms with van der Waals surface area (Å²) in [6, 6.07) is 10.1. The van der Waals surface area contributed by atoms with Crippen LogP contribution in [0.4, 0.5) is 0 Å². The lowest BCUT2D eigenvalue weighted by Gasteiger charge is -2.16. The number of rotatable bonds is 4. The smallest absolute Gasteiger partial charge is 0.243 e. The molecule has 0 aliphatic heterocycles. The van der Waals surface area contributed by atoms with Crippen LogP contribution < -0.4 is 0 Å². The number of nitrogens with zero attached hydrogens (tertiary/aromatic N) is 1. The molecule has 1 heterocycles. The van der Waals surface area contributed by atoms with Crippen LogP contribution in [0.3, 0.4) is 0 Å². The van der Waals surface area contributed by atoms with E-state index in [0.717, 1.165) is 4.47 Å². The van der Waals surface area contributed by atoms with Crippen LogP contribution in [0.1, 0.15) is 5.76 Å². The van der Waals surface area contributed by atoms with Gasteiger partial charge in [-0.05, 0) is 30.3 Å². The predicted molar refractivity (Wildman–Crippen MR) is 71.5 cm³/mol. The number of sulfonamides is 1. The van der Waals surface area contributed by atoms with Crippen molar-refractivity contribution >= 4 is 26.0 Å². The minimum atomic E-state index is -3.49. The Labute approximate surface area is 114 Å². The van der Waals surface area contributed by atoms with Crippen LogP contribution in [0.15, 0.2) is 56.4 Å². The number of hydrogen-bond donors (Lipinski definition) is 0. The molecule has 0 fully saturated rings. The molecular weight excluding hydrogens is 318 g/mol. The molecule has 0 radical (unpaired) electrons. The first-order valence-electron chi connectivity index (χ1n) is 5.24. The Morgan fingerprint density at radius 2 is 2.06 bits per heavy atom. The maximum atomic E-state index is 12.3. The van der Waals surface area contributed by atoms with E-state index in [-0.39, 0.29) is 11.4 Å². The largest absolute Gasteiger partial charge is 0.468 e. The zero-order valence-electron chi connectivity index (χ0n) is 9.71. The summed E-state index contributed by atoms with van der Waals surface area (Å²) >= 11 is 3.26. The highest BCUT2D eigenvalue weighted by molar-refractivity contribution is 9.10. The van der Waals surface area contributed by atoms with Gasteiger partial charge in [-0.3, -0.25) is 0 Å². The number of halogens is 1. The van der Waals surface area contributed by atoms with Crippen LogP contribution in [0.5, 0.6) is 0 Å². The molecule has 0 saturated carbocycles. The van der Waals surface area contributed by atoms with Gasteiger partial charge in [0.15, 0.2) is 0 Å². The first-order valence-corrected chi connectivity index (χ1v) is 7.48. The van der Waals surface area contributed by atoms with Crippen molar-refractivity contribution in [3.63, 3.8) is 0 Å². The van der Waals surface area contributed by atoms with Gasteiger partial charge in [0.2, 0.25) is 10.0 Å². The number of furan rings is 1. The minimum Gasteiger partial charge on any atom is -0.468 e. The van der Waals surface area contributed by atoms with Gasteiger partial charge in [-0.25, -0.2) is 8.42 Å². The van der Waals surface area contributed by atoms with Crippen molar-refractivity contribution < 1.29 is 12.8 Å². The molecule has 0 atom stereocenters. The normalized spacial score (nSPS) is 11.9. The fourth-order valence-corrected chi connectivity index (χ4v) is 3.25. The Hall–Kier alpha value is -1.11. The van der Waals surface area contributed by atoms with Crippen LogP contribution in [0.2, 0.25) is 0 Å². The zero-order chi connectivity index (χ0) is 13.2. The van der Waals surface area contributed by atoms with Gasteiger partial charge >= 0.3 is 0 Å². The molecule has 0 saturated heterocycles. The summed E-state index contributed by atoms with van der Waals surface area (Å²) in [5.41, 5.74) is 0. The van der Waals surface area contributed by atoms with Crippen LogP contribution in [0.25, 0.3) is 0 Å². The van der Waals surface area contributed by atoms with Crippen LogP contribution in [-0.2, 0) is 16.6 Å². The van der Waals surface area contributed by atoms with Gasteiger partial charge in [0.1, 0.15) is 5.76 Å². The standard InChI is InChI=1S/C12H12BrNO3S/c1-14(9-11-5-3-7-17-11)18(15,16)12-6-2-4-10(13)8-12/h2-8H,9H2,1H3. The molecule has 2 aromatic rings. The lowest BCUT2D eigenvalue weighted by Crippen LogP contribution is -2.26. The Morgan fingerprint density at radius 1 is 1.28 bits per heavy atom. The van der Waals surface area contributed by atoms with E-state index in [0.29, 0.717) is 5.76 Å². The topological polar surface area (TPSA) is 50.5 Å². The summed E-state index contributed by atoms with van der Waals surface area (Å²) in [5, 5.41) is 0. The van der Waals surface area contributed by atoms with Crippen molar-refractivity contribution in [3.05, 3.63) is 52.9 Å². The van der Waals surface area contributed by atoms with Gasteiger partial charge < -0.3 is 4.42 Å². The average Bonchev–Trinajstić information content (AvgIpc) is 2.81. The molecule has 0 unspecified atom stereocenters. The number of hydrogen-bond acceptors (Lipinski definition) is 3. The van der Waals surface area contributed by atoms with Crippen molar-refractivity contribution in [2.75, 3.05) is 7.05 Å². The lowest BCUT2D eigenvalue weighted by atomic mass is 10.4. The lowest BCUT2D eigenvalue weighted by molar-refractivity contribution is 0.406. The number of benzene rings is 1. The third-order valence-corrected chi connectivity index (χ3v) is 4.76. The fourth-order valence-electron chi connectivity index (χ4n) is 1.51. The zero-order valence-corrected chi connectivity index (χ0v) is 12.1. The van der Waals surface area contributed by atoms with Gasteiger partial charge in [0, 0.05) is 11.5 Å².